The minimum atomic E-state index is -0.930. The molecule has 1 heterocycles. The van der Waals surface area contributed by atoms with Crippen molar-refractivity contribution in [1.82, 2.24) is 4.90 Å². The number of hydrogen-bond acceptors (Lipinski definition) is 3. The number of nitrogens with two attached hydrogens (primary N) is 1. The SMILES string of the molecule is CCC1CCN(C(=O)c2cccc(N)c2)C(C(=O)O)C1. The van der Waals surface area contributed by atoms with Crippen LogP contribution in [0.4, 0.5) is 5.69 Å². The monoisotopic (exact) mass is 276 g/mol. The molecule has 1 fully saturated rings. The largest absolute Gasteiger partial charge is 0.480 e. The summed E-state index contributed by atoms with van der Waals surface area (Å²) in [5, 5.41) is 9.35. The number of anilines is 1. The molecule has 1 aromatic rings. The third kappa shape index (κ3) is 2.92. The number of carbonyl (C=O) groups is 2. The zero-order chi connectivity index (χ0) is 14.7. The summed E-state index contributed by atoms with van der Waals surface area (Å²) in [5.41, 5.74) is 6.63. The third-order valence-electron chi connectivity index (χ3n) is 3.97. The van der Waals surface area contributed by atoms with Crippen molar-refractivity contribution in [3.05, 3.63) is 29.8 Å². The van der Waals surface area contributed by atoms with Crippen LogP contribution >= 0.6 is 0 Å². The summed E-state index contributed by atoms with van der Waals surface area (Å²) in [6.07, 6.45) is 2.33. The van der Waals surface area contributed by atoms with Crippen molar-refractivity contribution in [1.29, 1.82) is 0 Å². The van der Waals surface area contributed by atoms with Gasteiger partial charge in [-0.05, 0) is 37.0 Å². The summed E-state index contributed by atoms with van der Waals surface area (Å²) in [7, 11) is 0. The van der Waals surface area contributed by atoms with Gasteiger partial charge in [0.25, 0.3) is 5.91 Å². The van der Waals surface area contributed by atoms with E-state index in [9.17, 15) is 14.7 Å². The summed E-state index contributed by atoms with van der Waals surface area (Å²) >= 11 is 0. The van der Waals surface area contributed by atoms with Crippen LogP contribution in [-0.4, -0.2) is 34.5 Å². The highest BCUT2D eigenvalue weighted by molar-refractivity contribution is 5.97. The predicted octanol–water partition coefficient (Wildman–Crippen LogP) is 1.98. The summed E-state index contributed by atoms with van der Waals surface area (Å²) in [6, 6.07) is 5.94. The van der Waals surface area contributed by atoms with Crippen LogP contribution in [-0.2, 0) is 4.79 Å². The molecule has 1 amide bonds. The number of aliphatic carboxylic acids is 1. The molecule has 0 bridgehead atoms. The van der Waals surface area contributed by atoms with Gasteiger partial charge in [-0.1, -0.05) is 19.4 Å². The Kier molecular flexibility index (Phi) is 4.27. The molecule has 1 aliphatic heterocycles. The molecule has 1 aliphatic rings. The van der Waals surface area contributed by atoms with Crippen molar-refractivity contribution in [3.8, 4) is 0 Å². The van der Waals surface area contributed by atoms with Crippen LogP contribution in [0.3, 0.4) is 0 Å². The zero-order valence-corrected chi connectivity index (χ0v) is 11.6. The molecule has 0 spiro atoms. The van der Waals surface area contributed by atoms with E-state index in [1.807, 2.05) is 0 Å². The fraction of sp³-hybridized carbons (Fsp3) is 0.467. The fourth-order valence-corrected chi connectivity index (χ4v) is 2.72. The van der Waals surface area contributed by atoms with E-state index in [1.165, 1.54) is 4.90 Å². The highest BCUT2D eigenvalue weighted by Gasteiger charge is 2.35. The molecular formula is C15H20N2O3. The van der Waals surface area contributed by atoms with Crippen molar-refractivity contribution >= 4 is 17.6 Å². The molecule has 0 aliphatic carbocycles. The molecule has 1 aromatic carbocycles. The van der Waals surface area contributed by atoms with Crippen LogP contribution < -0.4 is 5.73 Å². The third-order valence-corrected chi connectivity index (χ3v) is 3.97. The highest BCUT2D eigenvalue weighted by atomic mass is 16.4. The maximum atomic E-state index is 12.5. The standard InChI is InChI=1S/C15H20N2O3/c1-2-10-6-7-17(13(8-10)15(19)20)14(18)11-4-3-5-12(16)9-11/h3-5,9-10,13H,2,6-8,16H2,1H3,(H,19,20). The number of nitrogens with zero attached hydrogens (tertiary/aromatic N) is 1. The number of piperidine rings is 1. The summed E-state index contributed by atoms with van der Waals surface area (Å²) in [5.74, 6) is -0.805. The number of carboxylic acids is 1. The predicted molar refractivity (Wildman–Crippen MR) is 76.3 cm³/mol. The van der Waals surface area contributed by atoms with Crippen molar-refractivity contribution in [2.75, 3.05) is 12.3 Å². The summed E-state index contributed by atoms with van der Waals surface area (Å²) < 4.78 is 0. The van der Waals surface area contributed by atoms with Gasteiger partial charge in [0.2, 0.25) is 0 Å². The molecule has 1 saturated heterocycles. The Labute approximate surface area is 118 Å². The first kappa shape index (κ1) is 14.4. The van der Waals surface area contributed by atoms with E-state index in [0.717, 1.165) is 12.8 Å². The first-order chi connectivity index (χ1) is 9.52. The van der Waals surface area contributed by atoms with Crippen LogP contribution in [0, 0.1) is 5.92 Å². The lowest BCUT2D eigenvalue weighted by Gasteiger charge is -2.37. The number of likely N-dealkylation sites (tertiary alicyclic amines) is 1. The van der Waals surface area contributed by atoms with E-state index in [0.29, 0.717) is 30.1 Å². The van der Waals surface area contributed by atoms with Crippen molar-refractivity contribution in [2.45, 2.75) is 32.2 Å². The van der Waals surface area contributed by atoms with Crippen LogP contribution in [0.5, 0.6) is 0 Å². The van der Waals surface area contributed by atoms with Gasteiger partial charge in [0.05, 0.1) is 0 Å². The normalized spacial score (nSPS) is 22.6. The maximum absolute atomic E-state index is 12.5. The Morgan fingerprint density at radius 1 is 1.45 bits per heavy atom. The summed E-state index contributed by atoms with van der Waals surface area (Å²) in [6.45, 7) is 2.54. The molecular weight excluding hydrogens is 256 g/mol. The fourth-order valence-electron chi connectivity index (χ4n) is 2.72. The Morgan fingerprint density at radius 2 is 2.20 bits per heavy atom. The van der Waals surface area contributed by atoms with Crippen LogP contribution in [0.25, 0.3) is 0 Å². The molecule has 2 unspecified atom stereocenters. The van der Waals surface area contributed by atoms with Gasteiger partial charge in [0, 0.05) is 17.8 Å². The molecule has 108 valence electrons. The quantitative estimate of drug-likeness (QED) is 0.827. The molecule has 5 nitrogen and oxygen atoms in total. The molecule has 5 heteroatoms. The van der Waals surface area contributed by atoms with E-state index >= 15 is 0 Å². The number of benzene rings is 1. The zero-order valence-electron chi connectivity index (χ0n) is 11.6. The average Bonchev–Trinajstić information content (AvgIpc) is 2.45. The number of nitrogen functional groups attached to an aromatic ring is 1. The number of carbonyl (C=O) groups excluding carboxylic acids is 1. The van der Waals surface area contributed by atoms with E-state index in [4.69, 9.17) is 5.73 Å². The Hall–Kier alpha value is -2.04. The van der Waals surface area contributed by atoms with Crippen LogP contribution in [0.1, 0.15) is 36.5 Å². The molecule has 0 saturated carbocycles. The first-order valence-electron chi connectivity index (χ1n) is 6.92. The second kappa shape index (κ2) is 5.94. The summed E-state index contributed by atoms with van der Waals surface area (Å²) in [4.78, 5) is 25.3. The highest BCUT2D eigenvalue weighted by Crippen LogP contribution is 2.27. The van der Waals surface area contributed by atoms with Crippen molar-refractivity contribution < 1.29 is 14.7 Å². The number of rotatable bonds is 3. The van der Waals surface area contributed by atoms with Crippen LogP contribution in [0.15, 0.2) is 24.3 Å². The lowest BCUT2D eigenvalue weighted by atomic mass is 9.88. The lowest BCUT2D eigenvalue weighted by molar-refractivity contribution is -0.144. The average molecular weight is 276 g/mol. The minimum Gasteiger partial charge on any atom is -0.480 e. The van der Waals surface area contributed by atoms with Crippen LogP contribution in [0.2, 0.25) is 0 Å². The second-order valence-electron chi connectivity index (χ2n) is 5.28. The van der Waals surface area contributed by atoms with Gasteiger partial charge in [0.15, 0.2) is 0 Å². The van der Waals surface area contributed by atoms with Gasteiger partial charge in [-0.3, -0.25) is 4.79 Å². The smallest absolute Gasteiger partial charge is 0.326 e. The topological polar surface area (TPSA) is 83.6 Å². The Bertz CT molecular complexity index is 516. The number of hydrogen-bond donors (Lipinski definition) is 2. The van der Waals surface area contributed by atoms with E-state index in [1.54, 1.807) is 24.3 Å². The van der Waals surface area contributed by atoms with Gasteiger partial charge in [-0.2, -0.15) is 0 Å². The molecule has 2 atom stereocenters. The van der Waals surface area contributed by atoms with Gasteiger partial charge in [-0.15, -0.1) is 0 Å². The number of carboxylic acid groups (broad SMARTS) is 1. The first-order valence-corrected chi connectivity index (χ1v) is 6.92. The number of amides is 1. The molecule has 0 radical (unpaired) electrons. The van der Waals surface area contributed by atoms with Crippen molar-refractivity contribution in [3.63, 3.8) is 0 Å². The maximum Gasteiger partial charge on any atom is 0.326 e. The minimum absolute atomic E-state index is 0.251. The van der Waals surface area contributed by atoms with Crippen molar-refractivity contribution in [2.24, 2.45) is 5.92 Å². The lowest BCUT2D eigenvalue weighted by Crippen LogP contribution is -2.50. The van der Waals surface area contributed by atoms with Gasteiger partial charge in [-0.25, -0.2) is 4.79 Å². The van der Waals surface area contributed by atoms with E-state index in [-0.39, 0.29) is 5.91 Å². The van der Waals surface area contributed by atoms with Gasteiger partial charge < -0.3 is 15.7 Å². The molecule has 2 rings (SSSR count). The van der Waals surface area contributed by atoms with Gasteiger partial charge >= 0.3 is 5.97 Å². The van der Waals surface area contributed by atoms with Gasteiger partial charge in [0.1, 0.15) is 6.04 Å². The van der Waals surface area contributed by atoms with E-state index < -0.39 is 12.0 Å². The molecule has 20 heavy (non-hydrogen) atoms. The Morgan fingerprint density at radius 3 is 2.80 bits per heavy atom. The van der Waals surface area contributed by atoms with E-state index in [2.05, 4.69) is 6.92 Å². The molecule has 3 N–H and O–H groups in total. The molecule has 0 aromatic heterocycles. The Balaban J connectivity index is 2.21. The second-order valence-corrected chi connectivity index (χ2v) is 5.28.